The molecule has 0 saturated heterocycles. The lowest BCUT2D eigenvalue weighted by atomic mass is 9.71. The quantitative estimate of drug-likeness (QED) is 0.779. The van der Waals surface area contributed by atoms with Gasteiger partial charge in [0.05, 0.1) is 13.2 Å². The highest BCUT2D eigenvalue weighted by Crippen LogP contribution is 2.40. The lowest BCUT2D eigenvalue weighted by Gasteiger charge is -2.34. The largest absolute Gasteiger partial charge is 0.507 e. The van der Waals surface area contributed by atoms with Gasteiger partial charge in [-0.3, -0.25) is 4.79 Å². The van der Waals surface area contributed by atoms with Crippen LogP contribution in [0.1, 0.15) is 39.9 Å². The van der Waals surface area contributed by atoms with Crippen molar-refractivity contribution in [2.45, 2.75) is 19.3 Å². The fourth-order valence-electron chi connectivity index (χ4n) is 4.02. The van der Waals surface area contributed by atoms with Crippen molar-refractivity contribution in [3.05, 3.63) is 76.9 Å². The minimum Gasteiger partial charge on any atom is -0.507 e. The van der Waals surface area contributed by atoms with Crippen molar-refractivity contribution in [3.8, 4) is 5.75 Å². The third-order valence-corrected chi connectivity index (χ3v) is 5.67. The lowest BCUT2D eigenvalue weighted by Crippen LogP contribution is -2.38. The van der Waals surface area contributed by atoms with Crippen molar-refractivity contribution >= 4 is 16.9 Å². The van der Waals surface area contributed by atoms with Crippen LogP contribution in [-0.4, -0.2) is 34.3 Å². The third-order valence-electron chi connectivity index (χ3n) is 5.67. The van der Waals surface area contributed by atoms with E-state index in [1.54, 1.807) is 12.1 Å². The Labute approximate surface area is 158 Å². The Morgan fingerprint density at radius 3 is 2.37 bits per heavy atom. The highest BCUT2D eigenvalue weighted by molar-refractivity contribution is 6.00. The average molecular weight is 362 g/mol. The molecule has 4 nitrogen and oxygen atoms in total. The van der Waals surface area contributed by atoms with Gasteiger partial charge in [0.2, 0.25) is 0 Å². The first-order valence-corrected chi connectivity index (χ1v) is 9.11. The maximum Gasteiger partial charge on any atom is 0.163 e. The Kier molecular flexibility index (Phi) is 4.46. The van der Waals surface area contributed by atoms with Gasteiger partial charge in [0.1, 0.15) is 5.75 Å². The number of para-hydroxylation sites is 1. The zero-order valence-electron chi connectivity index (χ0n) is 15.0. The van der Waals surface area contributed by atoms with Gasteiger partial charge in [-0.25, -0.2) is 0 Å². The lowest BCUT2D eigenvalue weighted by molar-refractivity contribution is 0.0387. The van der Waals surface area contributed by atoms with E-state index in [4.69, 9.17) is 0 Å². The summed E-state index contributed by atoms with van der Waals surface area (Å²) in [5, 5.41) is 29.3. The van der Waals surface area contributed by atoms with Crippen LogP contribution in [-0.2, 0) is 6.42 Å². The standard InChI is InChI=1S/C23H22O4/c24-13-23(14-25)11-18-8-6-16(10-20(18)22(27)12-23)15-5-7-17(9-15)19-3-1-2-4-21(19)26/h1-8,10,24-26H,9,11-14H2. The molecule has 4 rings (SSSR count). The molecule has 0 saturated carbocycles. The second-order valence-corrected chi connectivity index (χ2v) is 7.54. The average Bonchev–Trinajstić information content (AvgIpc) is 3.18. The highest BCUT2D eigenvalue weighted by Gasteiger charge is 2.38. The van der Waals surface area contributed by atoms with Crippen molar-refractivity contribution in [1.82, 2.24) is 0 Å². The van der Waals surface area contributed by atoms with E-state index in [1.807, 2.05) is 42.5 Å². The van der Waals surface area contributed by atoms with E-state index in [9.17, 15) is 20.1 Å². The molecule has 0 spiro atoms. The number of carbonyl (C=O) groups is 1. The highest BCUT2D eigenvalue weighted by atomic mass is 16.3. The summed E-state index contributed by atoms with van der Waals surface area (Å²) < 4.78 is 0. The number of phenolic OH excluding ortho intramolecular Hbond substituents is 1. The van der Waals surface area contributed by atoms with Crippen LogP contribution < -0.4 is 0 Å². The van der Waals surface area contributed by atoms with Gasteiger partial charge in [0, 0.05) is 23.0 Å². The molecule has 3 N–H and O–H groups in total. The van der Waals surface area contributed by atoms with Crippen LogP contribution in [0.2, 0.25) is 0 Å². The molecule has 0 aliphatic heterocycles. The van der Waals surface area contributed by atoms with Crippen LogP contribution in [0.25, 0.3) is 11.1 Å². The molecule has 0 aromatic heterocycles. The molecular formula is C23H22O4. The second-order valence-electron chi connectivity index (χ2n) is 7.54. The number of hydrogen-bond donors (Lipinski definition) is 3. The van der Waals surface area contributed by atoms with Gasteiger partial charge >= 0.3 is 0 Å². The molecule has 2 aromatic carbocycles. The van der Waals surface area contributed by atoms with Crippen molar-refractivity contribution < 1.29 is 20.1 Å². The molecule has 2 aliphatic carbocycles. The number of Topliss-reactive ketones (excluding diaryl/α,β-unsaturated/α-hetero) is 1. The van der Waals surface area contributed by atoms with Crippen LogP contribution in [0.15, 0.2) is 54.6 Å². The van der Waals surface area contributed by atoms with Gasteiger partial charge < -0.3 is 15.3 Å². The summed E-state index contributed by atoms with van der Waals surface area (Å²) in [4.78, 5) is 12.6. The van der Waals surface area contributed by atoms with Crippen molar-refractivity contribution in [3.63, 3.8) is 0 Å². The van der Waals surface area contributed by atoms with E-state index in [0.29, 0.717) is 18.4 Å². The molecule has 0 amide bonds. The van der Waals surface area contributed by atoms with E-state index < -0.39 is 5.41 Å². The monoisotopic (exact) mass is 362 g/mol. The van der Waals surface area contributed by atoms with Crippen LogP contribution in [0.4, 0.5) is 0 Å². The molecule has 27 heavy (non-hydrogen) atoms. The van der Waals surface area contributed by atoms with Gasteiger partial charge in [-0.15, -0.1) is 0 Å². The van der Waals surface area contributed by atoms with E-state index in [-0.39, 0.29) is 31.2 Å². The van der Waals surface area contributed by atoms with E-state index >= 15 is 0 Å². The summed E-state index contributed by atoms with van der Waals surface area (Å²) in [6.45, 7) is -0.398. The van der Waals surface area contributed by atoms with E-state index in [2.05, 4.69) is 0 Å². The number of allylic oxidation sites excluding steroid dienone is 4. The summed E-state index contributed by atoms with van der Waals surface area (Å²) in [5.74, 6) is 0.233. The number of benzene rings is 2. The zero-order valence-corrected chi connectivity index (χ0v) is 15.0. The molecule has 4 heteroatoms. The Balaban J connectivity index is 1.59. The van der Waals surface area contributed by atoms with Crippen molar-refractivity contribution in [1.29, 1.82) is 0 Å². The number of phenols is 1. The van der Waals surface area contributed by atoms with E-state index in [0.717, 1.165) is 27.8 Å². The van der Waals surface area contributed by atoms with Gasteiger partial charge in [-0.05, 0) is 47.2 Å². The fraction of sp³-hybridized carbons (Fsp3) is 0.261. The normalized spacial score (nSPS) is 18.1. The minimum absolute atomic E-state index is 0.0336. The SMILES string of the molecule is O=C1CC(CO)(CO)Cc2ccc(C3=CC=C(c4ccccc4O)C3)cc21. The number of aliphatic hydroxyl groups excluding tert-OH is 2. The van der Waals surface area contributed by atoms with Gasteiger partial charge in [-0.2, -0.15) is 0 Å². The molecule has 0 heterocycles. The molecule has 2 aromatic rings. The number of hydrogen-bond acceptors (Lipinski definition) is 4. The second kappa shape index (κ2) is 6.80. The van der Waals surface area contributed by atoms with E-state index in [1.165, 1.54) is 0 Å². The summed E-state index contributed by atoms with van der Waals surface area (Å²) in [6, 6.07) is 13.1. The van der Waals surface area contributed by atoms with Crippen molar-refractivity contribution in [2.24, 2.45) is 5.41 Å². The maximum absolute atomic E-state index is 12.6. The Bertz CT molecular complexity index is 964. The molecule has 0 fully saturated rings. The topological polar surface area (TPSA) is 77.8 Å². The first-order valence-electron chi connectivity index (χ1n) is 9.11. The number of aliphatic hydroxyl groups is 2. The number of fused-ring (bicyclic) bond motifs is 1. The molecular weight excluding hydrogens is 340 g/mol. The Morgan fingerprint density at radius 2 is 1.63 bits per heavy atom. The smallest absolute Gasteiger partial charge is 0.163 e. The van der Waals surface area contributed by atoms with Gasteiger partial charge in [0.15, 0.2) is 5.78 Å². The number of aromatic hydroxyl groups is 1. The minimum atomic E-state index is -0.752. The zero-order chi connectivity index (χ0) is 19.0. The molecule has 0 unspecified atom stereocenters. The summed E-state index contributed by atoms with van der Waals surface area (Å²) >= 11 is 0. The first kappa shape index (κ1) is 17.7. The van der Waals surface area contributed by atoms with Crippen molar-refractivity contribution in [2.75, 3.05) is 13.2 Å². The fourth-order valence-corrected chi connectivity index (χ4v) is 4.02. The summed E-state index contributed by atoms with van der Waals surface area (Å²) in [5.41, 5.74) is 4.78. The first-order chi connectivity index (χ1) is 13.0. The van der Waals surface area contributed by atoms with Crippen LogP contribution in [0.3, 0.4) is 0 Å². The Hall–Kier alpha value is -2.69. The van der Waals surface area contributed by atoms with Gasteiger partial charge in [0.25, 0.3) is 0 Å². The third kappa shape index (κ3) is 3.11. The van der Waals surface area contributed by atoms with Crippen LogP contribution >= 0.6 is 0 Å². The molecule has 138 valence electrons. The van der Waals surface area contributed by atoms with Crippen LogP contribution in [0.5, 0.6) is 5.75 Å². The molecule has 0 radical (unpaired) electrons. The number of rotatable bonds is 4. The maximum atomic E-state index is 12.6. The molecule has 0 bridgehead atoms. The number of ketones is 1. The number of carbonyl (C=O) groups excluding carboxylic acids is 1. The predicted molar refractivity (Wildman–Crippen MR) is 104 cm³/mol. The molecule has 0 atom stereocenters. The Morgan fingerprint density at radius 1 is 0.889 bits per heavy atom. The summed E-state index contributed by atoms with van der Waals surface area (Å²) in [7, 11) is 0. The van der Waals surface area contributed by atoms with Crippen LogP contribution in [0, 0.1) is 5.41 Å². The van der Waals surface area contributed by atoms with Gasteiger partial charge in [-0.1, -0.05) is 42.5 Å². The molecule has 2 aliphatic rings. The summed E-state index contributed by atoms with van der Waals surface area (Å²) in [6.07, 6.45) is 5.40. The predicted octanol–water partition coefficient (Wildman–Crippen LogP) is 3.36.